The van der Waals surface area contributed by atoms with E-state index in [1.54, 1.807) is 18.2 Å². The zero-order chi connectivity index (χ0) is 16.0. The SMILES string of the molecule is O=C1NC2(CCC2)C(=O)N1Cc1cn(-c2ccccc2F)nn1. The van der Waals surface area contributed by atoms with Gasteiger partial charge in [0.1, 0.15) is 22.7 Å². The molecule has 2 fully saturated rings. The second kappa shape index (κ2) is 4.87. The quantitative estimate of drug-likeness (QED) is 0.868. The van der Waals surface area contributed by atoms with E-state index in [1.807, 2.05) is 0 Å². The Balaban J connectivity index is 1.55. The Bertz CT molecular complexity index is 799. The van der Waals surface area contributed by atoms with Gasteiger partial charge >= 0.3 is 6.03 Å². The number of hydrogen-bond acceptors (Lipinski definition) is 4. The van der Waals surface area contributed by atoms with Crippen molar-refractivity contribution in [3.05, 3.63) is 42.0 Å². The first-order chi connectivity index (χ1) is 11.1. The lowest BCUT2D eigenvalue weighted by atomic mass is 9.77. The molecule has 118 valence electrons. The molecule has 1 N–H and O–H groups in total. The van der Waals surface area contributed by atoms with Crippen LogP contribution >= 0.6 is 0 Å². The van der Waals surface area contributed by atoms with Crippen LogP contribution in [0.3, 0.4) is 0 Å². The molecule has 23 heavy (non-hydrogen) atoms. The van der Waals surface area contributed by atoms with E-state index >= 15 is 0 Å². The van der Waals surface area contributed by atoms with Crippen molar-refractivity contribution >= 4 is 11.9 Å². The number of hydrogen-bond donors (Lipinski definition) is 1. The molecule has 0 radical (unpaired) electrons. The molecule has 1 saturated carbocycles. The Kier molecular flexibility index (Phi) is 2.93. The van der Waals surface area contributed by atoms with Gasteiger partial charge in [0.05, 0.1) is 12.7 Å². The van der Waals surface area contributed by atoms with Crippen LogP contribution < -0.4 is 5.32 Å². The zero-order valence-corrected chi connectivity index (χ0v) is 12.2. The van der Waals surface area contributed by atoms with Crippen molar-refractivity contribution in [3.63, 3.8) is 0 Å². The molecule has 2 aromatic rings. The number of rotatable bonds is 3. The molecule has 1 aromatic carbocycles. The van der Waals surface area contributed by atoms with E-state index in [1.165, 1.54) is 16.9 Å². The predicted octanol–water partition coefficient (Wildman–Crippen LogP) is 1.38. The van der Waals surface area contributed by atoms with E-state index in [2.05, 4.69) is 15.6 Å². The van der Waals surface area contributed by atoms with E-state index in [9.17, 15) is 14.0 Å². The number of urea groups is 1. The van der Waals surface area contributed by atoms with Crippen LogP contribution in [0.1, 0.15) is 25.0 Å². The highest BCUT2D eigenvalue weighted by atomic mass is 19.1. The standard InChI is InChI=1S/C15H14FN5O2/c16-11-4-1-2-5-12(11)21-9-10(18-19-21)8-20-13(22)15(6-3-7-15)17-14(20)23/h1-2,4-5,9H,3,6-8H2,(H,17,23). The summed E-state index contributed by atoms with van der Waals surface area (Å²) < 4.78 is 15.0. The Hall–Kier alpha value is -2.77. The number of carbonyl (C=O) groups is 2. The Morgan fingerprint density at radius 1 is 1.26 bits per heavy atom. The molecule has 0 atom stereocenters. The zero-order valence-electron chi connectivity index (χ0n) is 12.2. The minimum Gasteiger partial charge on any atom is -0.323 e. The predicted molar refractivity (Wildman–Crippen MR) is 77.0 cm³/mol. The van der Waals surface area contributed by atoms with Gasteiger partial charge in [-0.3, -0.25) is 9.69 Å². The van der Waals surface area contributed by atoms with Gasteiger partial charge in [-0.15, -0.1) is 5.10 Å². The van der Waals surface area contributed by atoms with Crippen LogP contribution in [0.5, 0.6) is 0 Å². The molecule has 0 unspecified atom stereocenters. The summed E-state index contributed by atoms with van der Waals surface area (Å²) in [5, 5.41) is 10.6. The third-order valence-corrected chi connectivity index (χ3v) is 4.41. The lowest BCUT2D eigenvalue weighted by Gasteiger charge is -2.34. The highest BCUT2D eigenvalue weighted by Gasteiger charge is 2.54. The van der Waals surface area contributed by atoms with Crippen molar-refractivity contribution in [1.29, 1.82) is 0 Å². The lowest BCUT2D eigenvalue weighted by molar-refractivity contribution is -0.134. The topological polar surface area (TPSA) is 80.1 Å². The molecule has 7 nitrogen and oxygen atoms in total. The van der Waals surface area contributed by atoms with Crippen molar-refractivity contribution in [2.24, 2.45) is 0 Å². The highest BCUT2D eigenvalue weighted by molar-refractivity contribution is 6.07. The van der Waals surface area contributed by atoms with Gasteiger partial charge in [-0.05, 0) is 31.4 Å². The molecule has 4 rings (SSSR count). The largest absolute Gasteiger partial charge is 0.325 e. The van der Waals surface area contributed by atoms with Crippen molar-refractivity contribution in [1.82, 2.24) is 25.2 Å². The summed E-state index contributed by atoms with van der Waals surface area (Å²) in [7, 11) is 0. The third kappa shape index (κ3) is 2.09. The number of imide groups is 1. The first-order valence-electron chi connectivity index (χ1n) is 7.39. The number of halogens is 1. The Morgan fingerprint density at radius 3 is 2.70 bits per heavy atom. The minimum atomic E-state index is -0.710. The van der Waals surface area contributed by atoms with E-state index < -0.39 is 17.4 Å². The summed E-state index contributed by atoms with van der Waals surface area (Å²) in [6, 6.07) is 5.77. The van der Waals surface area contributed by atoms with E-state index in [-0.39, 0.29) is 18.1 Å². The fourth-order valence-corrected chi connectivity index (χ4v) is 2.98. The summed E-state index contributed by atoms with van der Waals surface area (Å²) in [5.74, 6) is -0.637. The van der Waals surface area contributed by atoms with Gasteiger partial charge in [-0.1, -0.05) is 17.3 Å². The molecule has 2 aliphatic rings. The van der Waals surface area contributed by atoms with Gasteiger partial charge < -0.3 is 5.32 Å². The van der Waals surface area contributed by atoms with Crippen molar-refractivity contribution in [3.8, 4) is 5.69 Å². The second-order valence-electron chi connectivity index (χ2n) is 5.86. The third-order valence-electron chi connectivity index (χ3n) is 4.41. The van der Waals surface area contributed by atoms with Crippen molar-refractivity contribution in [2.75, 3.05) is 0 Å². The average Bonchev–Trinajstić information content (AvgIpc) is 3.05. The summed E-state index contributed by atoms with van der Waals surface area (Å²) in [5.41, 5.74) is -0.0226. The summed E-state index contributed by atoms with van der Waals surface area (Å²) >= 11 is 0. The fraction of sp³-hybridized carbons (Fsp3) is 0.333. The number of amides is 3. The van der Waals surface area contributed by atoms with Crippen molar-refractivity contribution in [2.45, 2.75) is 31.3 Å². The van der Waals surface area contributed by atoms with E-state index in [0.29, 0.717) is 18.5 Å². The number of benzene rings is 1. The molecule has 1 saturated heterocycles. The maximum atomic E-state index is 13.8. The fourth-order valence-electron chi connectivity index (χ4n) is 2.98. The summed E-state index contributed by atoms with van der Waals surface area (Å²) in [4.78, 5) is 25.5. The Morgan fingerprint density at radius 2 is 2.04 bits per heavy atom. The number of aromatic nitrogens is 3. The molecule has 1 aromatic heterocycles. The van der Waals surface area contributed by atoms with Crippen LogP contribution in [0.15, 0.2) is 30.5 Å². The van der Waals surface area contributed by atoms with Crippen LogP contribution in [0.25, 0.3) is 5.69 Å². The summed E-state index contributed by atoms with van der Waals surface area (Å²) in [6.07, 6.45) is 3.81. The molecular formula is C15H14FN5O2. The monoisotopic (exact) mass is 315 g/mol. The maximum Gasteiger partial charge on any atom is 0.325 e. The molecule has 1 spiro atoms. The van der Waals surface area contributed by atoms with Crippen LogP contribution in [0, 0.1) is 5.82 Å². The van der Waals surface area contributed by atoms with Gasteiger partial charge in [0.15, 0.2) is 0 Å². The van der Waals surface area contributed by atoms with E-state index in [4.69, 9.17) is 0 Å². The lowest BCUT2D eigenvalue weighted by Crippen LogP contribution is -2.52. The molecule has 1 aliphatic carbocycles. The number of nitrogens with one attached hydrogen (secondary N) is 1. The second-order valence-corrected chi connectivity index (χ2v) is 5.86. The van der Waals surface area contributed by atoms with Gasteiger partial charge in [-0.2, -0.15) is 0 Å². The Labute approximate surface area is 131 Å². The molecule has 2 heterocycles. The van der Waals surface area contributed by atoms with Crippen LogP contribution in [-0.4, -0.2) is 37.4 Å². The molecular weight excluding hydrogens is 301 g/mol. The minimum absolute atomic E-state index is 0.0286. The summed E-state index contributed by atoms with van der Waals surface area (Å²) in [6.45, 7) is 0.0286. The van der Waals surface area contributed by atoms with Crippen LogP contribution in [0.2, 0.25) is 0 Å². The molecule has 3 amide bonds. The van der Waals surface area contributed by atoms with E-state index in [0.717, 1.165) is 11.3 Å². The normalized spacial score (nSPS) is 19.1. The molecule has 8 heteroatoms. The highest BCUT2D eigenvalue weighted by Crippen LogP contribution is 2.37. The van der Waals surface area contributed by atoms with Crippen molar-refractivity contribution < 1.29 is 14.0 Å². The number of nitrogens with zero attached hydrogens (tertiary/aromatic N) is 4. The van der Waals surface area contributed by atoms with Crippen LogP contribution in [-0.2, 0) is 11.3 Å². The maximum absolute atomic E-state index is 13.8. The number of carbonyl (C=O) groups excluding carboxylic acids is 2. The molecule has 1 aliphatic heterocycles. The van der Waals surface area contributed by atoms with Gasteiger partial charge in [0, 0.05) is 0 Å². The molecule has 0 bridgehead atoms. The average molecular weight is 315 g/mol. The van der Waals surface area contributed by atoms with Gasteiger partial charge in [0.25, 0.3) is 5.91 Å². The van der Waals surface area contributed by atoms with Crippen LogP contribution in [0.4, 0.5) is 9.18 Å². The van der Waals surface area contributed by atoms with Gasteiger partial charge in [-0.25, -0.2) is 13.9 Å². The first-order valence-corrected chi connectivity index (χ1v) is 7.39. The first kappa shape index (κ1) is 13.9. The number of para-hydroxylation sites is 1. The smallest absolute Gasteiger partial charge is 0.323 e. The van der Waals surface area contributed by atoms with Gasteiger partial charge in [0.2, 0.25) is 0 Å².